The van der Waals surface area contributed by atoms with Crippen LogP contribution in [-0.2, 0) is 6.42 Å². The second-order valence-electron chi connectivity index (χ2n) is 6.97. The van der Waals surface area contributed by atoms with Crippen molar-refractivity contribution in [2.24, 2.45) is 0 Å². The van der Waals surface area contributed by atoms with Crippen molar-refractivity contribution in [3.63, 3.8) is 0 Å². The van der Waals surface area contributed by atoms with Gasteiger partial charge in [0.1, 0.15) is 5.82 Å². The first-order chi connectivity index (χ1) is 14.6. The Labute approximate surface area is 175 Å². The number of fused-ring (bicyclic) bond motifs is 2. The Morgan fingerprint density at radius 1 is 0.833 bits per heavy atom. The topological polar surface area (TPSA) is 91.5 Å². The molecule has 0 saturated carbocycles. The fraction of sp³-hybridized carbons (Fsp3) is 0.0435. The van der Waals surface area contributed by atoms with Crippen LogP contribution in [0.3, 0.4) is 0 Å². The van der Waals surface area contributed by atoms with E-state index in [1.165, 1.54) is 0 Å². The third-order valence-corrected chi connectivity index (χ3v) is 5.37. The standard InChI is InChI=1S/C23H15ClN4O2/c24-17-6-3-7-18-20(17)23(30)26-21(25-18)14-10-8-13(9-11-14)12-19-15-4-1-2-5-16(15)22(29)28-27-19/h1-11H,12H2,(H,28,29)(H,25,26,30). The van der Waals surface area contributed by atoms with Crippen molar-refractivity contribution in [2.75, 3.05) is 0 Å². The van der Waals surface area contributed by atoms with Gasteiger partial charge in [-0.05, 0) is 23.8 Å². The van der Waals surface area contributed by atoms with Crippen LogP contribution in [-0.4, -0.2) is 20.2 Å². The lowest BCUT2D eigenvalue weighted by molar-refractivity contribution is 0.934. The highest BCUT2D eigenvalue weighted by atomic mass is 35.5. The van der Waals surface area contributed by atoms with Gasteiger partial charge in [0.05, 0.1) is 27.0 Å². The smallest absolute Gasteiger partial charge is 0.272 e. The van der Waals surface area contributed by atoms with Crippen LogP contribution in [0, 0.1) is 0 Å². The molecule has 0 amide bonds. The zero-order chi connectivity index (χ0) is 20.7. The molecule has 0 atom stereocenters. The number of nitrogens with one attached hydrogen (secondary N) is 2. The highest BCUT2D eigenvalue weighted by Crippen LogP contribution is 2.22. The van der Waals surface area contributed by atoms with Gasteiger partial charge in [-0.15, -0.1) is 0 Å². The third-order valence-electron chi connectivity index (χ3n) is 5.06. The molecule has 3 aromatic carbocycles. The Balaban J connectivity index is 1.50. The highest BCUT2D eigenvalue weighted by Gasteiger charge is 2.10. The zero-order valence-corrected chi connectivity index (χ0v) is 16.4. The van der Waals surface area contributed by atoms with E-state index in [1.807, 2.05) is 42.5 Å². The van der Waals surface area contributed by atoms with Crippen LogP contribution in [0.5, 0.6) is 0 Å². The second-order valence-corrected chi connectivity index (χ2v) is 7.37. The molecule has 0 unspecified atom stereocenters. The third kappa shape index (κ3) is 3.17. The summed E-state index contributed by atoms with van der Waals surface area (Å²) < 4.78 is 0. The summed E-state index contributed by atoms with van der Waals surface area (Å²) in [5.41, 5.74) is 2.69. The van der Waals surface area contributed by atoms with E-state index in [1.54, 1.807) is 24.3 Å². The van der Waals surface area contributed by atoms with Crippen LogP contribution in [0.25, 0.3) is 33.1 Å². The van der Waals surface area contributed by atoms with Gasteiger partial charge in [-0.25, -0.2) is 10.1 Å². The summed E-state index contributed by atoms with van der Waals surface area (Å²) in [5, 5.41) is 9.01. The minimum absolute atomic E-state index is 0.198. The molecule has 2 N–H and O–H groups in total. The Morgan fingerprint density at radius 2 is 1.60 bits per heavy atom. The van der Waals surface area contributed by atoms with Crippen LogP contribution >= 0.6 is 11.6 Å². The van der Waals surface area contributed by atoms with Crippen molar-refractivity contribution >= 4 is 33.3 Å². The van der Waals surface area contributed by atoms with Gasteiger partial charge < -0.3 is 4.98 Å². The van der Waals surface area contributed by atoms with Crippen molar-refractivity contribution in [3.05, 3.63) is 104 Å². The molecule has 7 heteroatoms. The molecule has 30 heavy (non-hydrogen) atoms. The molecule has 6 nitrogen and oxygen atoms in total. The minimum Gasteiger partial charge on any atom is -0.306 e. The van der Waals surface area contributed by atoms with Crippen LogP contribution in [0.1, 0.15) is 11.3 Å². The van der Waals surface area contributed by atoms with E-state index in [0.29, 0.717) is 33.6 Å². The fourth-order valence-electron chi connectivity index (χ4n) is 3.57. The Bertz CT molecular complexity index is 1520. The molecule has 0 saturated heterocycles. The predicted molar refractivity (Wildman–Crippen MR) is 118 cm³/mol. The number of benzene rings is 3. The molecule has 146 valence electrons. The molecule has 0 spiro atoms. The minimum atomic E-state index is -0.270. The molecule has 0 aliphatic heterocycles. The molecule has 0 aliphatic rings. The van der Waals surface area contributed by atoms with Gasteiger partial charge in [0.15, 0.2) is 0 Å². The number of H-pyrrole nitrogens is 2. The molecule has 2 heterocycles. The van der Waals surface area contributed by atoms with Gasteiger partial charge >= 0.3 is 0 Å². The molecule has 5 rings (SSSR count). The van der Waals surface area contributed by atoms with Crippen LogP contribution in [0.2, 0.25) is 5.02 Å². The first-order valence-electron chi connectivity index (χ1n) is 9.34. The summed E-state index contributed by atoms with van der Waals surface area (Å²) >= 11 is 6.12. The van der Waals surface area contributed by atoms with E-state index in [4.69, 9.17) is 11.6 Å². The maximum Gasteiger partial charge on any atom is 0.272 e. The van der Waals surface area contributed by atoms with Crippen molar-refractivity contribution in [2.45, 2.75) is 6.42 Å². The molecule has 0 bridgehead atoms. The molecule has 5 aromatic rings. The van der Waals surface area contributed by atoms with Gasteiger partial charge in [-0.3, -0.25) is 9.59 Å². The number of aromatic amines is 2. The van der Waals surface area contributed by atoms with Crippen LogP contribution < -0.4 is 11.1 Å². The van der Waals surface area contributed by atoms with Crippen molar-refractivity contribution < 1.29 is 0 Å². The van der Waals surface area contributed by atoms with E-state index >= 15 is 0 Å². The summed E-state index contributed by atoms with van der Waals surface area (Å²) in [6.07, 6.45) is 0.564. The van der Waals surface area contributed by atoms with Crippen LogP contribution in [0.4, 0.5) is 0 Å². The first-order valence-corrected chi connectivity index (χ1v) is 9.72. The number of nitrogens with zero attached hydrogens (tertiary/aromatic N) is 2. The van der Waals surface area contributed by atoms with Crippen LogP contribution in [0.15, 0.2) is 76.3 Å². The SMILES string of the molecule is O=c1[nH]nc(Cc2ccc(-c3nc4cccc(Cl)c4c(=O)[nH]3)cc2)c2ccccc12. The lowest BCUT2D eigenvalue weighted by Gasteiger charge is -2.07. The second kappa shape index (κ2) is 7.24. The quantitative estimate of drug-likeness (QED) is 0.465. The van der Waals surface area contributed by atoms with Crippen molar-refractivity contribution in [1.29, 1.82) is 0 Å². The van der Waals surface area contributed by atoms with E-state index in [2.05, 4.69) is 20.2 Å². The van der Waals surface area contributed by atoms with E-state index in [0.717, 1.165) is 22.2 Å². The highest BCUT2D eigenvalue weighted by molar-refractivity contribution is 6.35. The van der Waals surface area contributed by atoms with E-state index in [-0.39, 0.29) is 11.1 Å². The summed E-state index contributed by atoms with van der Waals surface area (Å²) in [4.78, 5) is 31.7. The van der Waals surface area contributed by atoms with Gasteiger partial charge in [0, 0.05) is 17.4 Å². The maximum atomic E-state index is 12.4. The average molecular weight is 415 g/mol. The normalized spacial score (nSPS) is 11.2. The first kappa shape index (κ1) is 18.3. The van der Waals surface area contributed by atoms with Crippen molar-refractivity contribution in [1.82, 2.24) is 20.2 Å². The molecular formula is C23H15ClN4O2. The summed E-state index contributed by atoms with van der Waals surface area (Å²) in [6.45, 7) is 0. The lowest BCUT2D eigenvalue weighted by atomic mass is 10.0. The van der Waals surface area contributed by atoms with Gasteiger partial charge in [-0.2, -0.15) is 5.10 Å². The van der Waals surface area contributed by atoms with Gasteiger partial charge in [0.25, 0.3) is 11.1 Å². The largest absolute Gasteiger partial charge is 0.306 e. The number of hydrogen-bond donors (Lipinski definition) is 2. The summed E-state index contributed by atoms with van der Waals surface area (Å²) in [5.74, 6) is 0.480. The zero-order valence-electron chi connectivity index (χ0n) is 15.6. The number of rotatable bonds is 3. The molecule has 0 fully saturated rings. The molecular weight excluding hydrogens is 400 g/mol. The number of hydrogen-bond acceptors (Lipinski definition) is 4. The van der Waals surface area contributed by atoms with E-state index in [9.17, 15) is 9.59 Å². The van der Waals surface area contributed by atoms with Gasteiger partial charge in [0.2, 0.25) is 0 Å². The van der Waals surface area contributed by atoms with E-state index < -0.39 is 0 Å². The Morgan fingerprint density at radius 3 is 2.40 bits per heavy atom. The monoisotopic (exact) mass is 414 g/mol. The summed E-state index contributed by atoms with van der Waals surface area (Å²) in [6, 6.07) is 20.3. The molecule has 0 radical (unpaired) electrons. The number of aromatic nitrogens is 4. The molecule has 0 aliphatic carbocycles. The predicted octanol–water partition coefficient (Wildman–Crippen LogP) is 4.07. The Hall–Kier alpha value is -3.77. The van der Waals surface area contributed by atoms with Crippen molar-refractivity contribution in [3.8, 4) is 11.4 Å². The van der Waals surface area contributed by atoms with Gasteiger partial charge in [-0.1, -0.05) is 60.1 Å². The Kier molecular flexibility index (Phi) is 4.41. The average Bonchev–Trinajstić information content (AvgIpc) is 2.76. The number of halogens is 1. The molecule has 2 aromatic heterocycles. The fourth-order valence-corrected chi connectivity index (χ4v) is 3.82. The summed E-state index contributed by atoms with van der Waals surface area (Å²) in [7, 11) is 0. The maximum absolute atomic E-state index is 12.4. The lowest BCUT2D eigenvalue weighted by Crippen LogP contribution is -2.11.